The van der Waals surface area contributed by atoms with Crippen LogP contribution in [0.15, 0.2) is 50.4 Å². The van der Waals surface area contributed by atoms with Crippen LogP contribution in [0, 0.1) is 13.8 Å². The molecule has 0 N–H and O–H groups in total. The van der Waals surface area contributed by atoms with Crippen LogP contribution >= 0.6 is 15.9 Å². The Morgan fingerprint density at radius 2 is 1.83 bits per heavy atom. The maximum absolute atomic E-state index is 13.1. The van der Waals surface area contributed by atoms with Crippen LogP contribution in [-0.2, 0) is 10.0 Å². The van der Waals surface area contributed by atoms with Gasteiger partial charge in [0.1, 0.15) is 10.6 Å². The summed E-state index contributed by atoms with van der Waals surface area (Å²) in [4.78, 5) is 7.23. The van der Waals surface area contributed by atoms with E-state index in [1.807, 2.05) is 36.5 Å². The maximum Gasteiger partial charge on any atom is 0.248 e. The van der Waals surface area contributed by atoms with E-state index in [0.717, 1.165) is 26.8 Å². The van der Waals surface area contributed by atoms with Crippen LogP contribution < -0.4 is 4.90 Å². The van der Waals surface area contributed by atoms with Gasteiger partial charge < -0.3 is 13.8 Å². The number of aromatic nitrogens is 3. The normalized spacial score (nSPS) is 16.0. The number of hydrogen-bond acceptors (Lipinski definition) is 6. The topological polar surface area (TPSA) is 84.0 Å². The van der Waals surface area contributed by atoms with E-state index in [1.165, 1.54) is 4.31 Å². The van der Waals surface area contributed by atoms with Crippen molar-refractivity contribution in [1.29, 1.82) is 0 Å². The zero-order valence-electron chi connectivity index (χ0n) is 16.5. The average molecular weight is 490 g/mol. The predicted octanol–water partition coefficient (Wildman–Crippen LogP) is 3.37. The van der Waals surface area contributed by atoms with Crippen LogP contribution in [-0.4, -0.2) is 53.4 Å². The third kappa shape index (κ3) is 3.01. The summed E-state index contributed by atoms with van der Waals surface area (Å²) in [5.74, 6) is 1.19. The Kier molecular flexibility index (Phi) is 4.60. The molecule has 0 radical (unpaired) electrons. The van der Waals surface area contributed by atoms with Crippen LogP contribution in [0.5, 0.6) is 0 Å². The fourth-order valence-electron chi connectivity index (χ4n) is 4.08. The zero-order chi connectivity index (χ0) is 21.0. The first-order chi connectivity index (χ1) is 14.4. The van der Waals surface area contributed by atoms with Crippen molar-refractivity contribution in [3.05, 3.63) is 52.5 Å². The third-order valence-electron chi connectivity index (χ3n) is 5.51. The van der Waals surface area contributed by atoms with Crippen LogP contribution in [0.2, 0.25) is 0 Å². The number of aryl methyl sites for hydroxylation is 2. The average Bonchev–Trinajstić information content (AvgIpc) is 3.34. The summed E-state index contributed by atoms with van der Waals surface area (Å²) in [7, 11) is -3.64. The van der Waals surface area contributed by atoms with E-state index in [1.54, 1.807) is 13.8 Å². The summed E-state index contributed by atoms with van der Waals surface area (Å²) < 4.78 is 35.9. The van der Waals surface area contributed by atoms with E-state index in [-0.39, 0.29) is 4.90 Å². The molecular weight excluding hydrogens is 470 g/mol. The Morgan fingerprint density at radius 3 is 2.53 bits per heavy atom. The summed E-state index contributed by atoms with van der Waals surface area (Å²) >= 11 is 3.52. The van der Waals surface area contributed by atoms with Crippen molar-refractivity contribution in [1.82, 2.24) is 18.8 Å². The largest absolute Gasteiger partial charge is 0.360 e. The molecule has 8 nitrogen and oxygen atoms in total. The molecule has 1 fully saturated rings. The van der Waals surface area contributed by atoms with Gasteiger partial charge >= 0.3 is 0 Å². The lowest BCUT2D eigenvalue weighted by molar-refractivity contribution is 0.378. The third-order valence-corrected chi connectivity index (χ3v) is 8.14. The number of benzene rings is 1. The minimum atomic E-state index is -3.64. The van der Waals surface area contributed by atoms with Crippen LogP contribution in [0.25, 0.3) is 16.6 Å². The van der Waals surface area contributed by atoms with Crippen molar-refractivity contribution in [2.75, 3.05) is 31.1 Å². The minimum Gasteiger partial charge on any atom is -0.360 e. The van der Waals surface area contributed by atoms with Gasteiger partial charge in [0, 0.05) is 36.8 Å². The highest BCUT2D eigenvalue weighted by Crippen LogP contribution is 2.29. The fourth-order valence-corrected chi connectivity index (χ4v) is 6.14. The quantitative estimate of drug-likeness (QED) is 0.438. The van der Waals surface area contributed by atoms with Gasteiger partial charge in [-0.15, -0.1) is 0 Å². The molecule has 0 amide bonds. The molecule has 0 unspecified atom stereocenters. The molecule has 30 heavy (non-hydrogen) atoms. The first kappa shape index (κ1) is 19.5. The van der Waals surface area contributed by atoms with Gasteiger partial charge in [0.2, 0.25) is 10.0 Å². The molecule has 1 aliphatic rings. The number of halogens is 1. The van der Waals surface area contributed by atoms with Gasteiger partial charge in [0.05, 0.1) is 16.6 Å². The number of fused-ring (bicyclic) bond motifs is 3. The van der Waals surface area contributed by atoms with Gasteiger partial charge in [-0.1, -0.05) is 21.1 Å². The van der Waals surface area contributed by atoms with E-state index < -0.39 is 10.0 Å². The van der Waals surface area contributed by atoms with Crippen molar-refractivity contribution < 1.29 is 12.9 Å². The number of anilines is 1. The van der Waals surface area contributed by atoms with Crippen LogP contribution in [0.1, 0.15) is 11.5 Å². The van der Waals surface area contributed by atoms with Gasteiger partial charge in [-0.25, -0.2) is 13.4 Å². The molecule has 5 rings (SSSR count). The van der Waals surface area contributed by atoms with E-state index in [4.69, 9.17) is 9.51 Å². The number of hydrogen-bond donors (Lipinski definition) is 0. The molecule has 0 spiro atoms. The molecule has 0 aliphatic carbocycles. The molecule has 10 heteroatoms. The Morgan fingerprint density at radius 1 is 1.07 bits per heavy atom. The molecule has 3 aromatic heterocycles. The van der Waals surface area contributed by atoms with E-state index in [9.17, 15) is 8.42 Å². The van der Waals surface area contributed by atoms with Crippen molar-refractivity contribution in [3.8, 4) is 0 Å². The lowest BCUT2D eigenvalue weighted by Crippen LogP contribution is -2.49. The van der Waals surface area contributed by atoms with Crippen molar-refractivity contribution in [2.45, 2.75) is 18.7 Å². The van der Waals surface area contributed by atoms with Crippen LogP contribution in [0.3, 0.4) is 0 Å². The summed E-state index contributed by atoms with van der Waals surface area (Å²) in [6.45, 7) is 5.13. The number of piperazine rings is 1. The summed E-state index contributed by atoms with van der Waals surface area (Å²) in [6.07, 6.45) is 2.02. The SMILES string of the molecule is Cc1noc(C)c1S(=O)(=O)N1CCN(c2nc3cc(Br)ccc3n3cccc23)CC1. The monoisotopic (exact) mass is 489 g/mol. The first-order valence-corrected chi connectivity index (χ1v) is 11.8. The Hall–Kier alpha value is -2.43. The number of nitrogens with zero attached hydrogens (tertiary/aromatic N) is 5. The maximum atomic E-state index is 13.1. The fraction of sp³-hybridized carbons (Fsp3) is 0.300. The summed E-state index contributed by atoms with van der Waals surface area (Å²) in [5, 5.41) is 3.80. The van der Waals surface area contributed by atoms with Crippen molar-refractivity contribution >= 4 is 48.3 Å². The van der Waals surface area contributed by atoms with Gasteiger partial charge in [-0.2, -0.15) is 4.31 Å². The molecule has 1 saturated heterocycles. The lowest BCUT2D eigenvalue weighted by atomic mass is 10.2. The molecule has 4 heterocycles. The van der Waals surface area contributed by atoms with E-state index in [2.05, 4.69) is 30.4 Å². The summed E-state index contributed by atoms with van der Waals surface area (Å²) in [5.41, 5.74) is 3.31. The van der Waals surface area contributed by atoms with Crippen molar-refractivity contribution in [2.24, 2.45) is 0 Å². The van der Waals surface area contributed by atoms with Gasteiger partial charge in [0.25, 0.3) is 0 Å². The molecule has 0 bridgehead atoms. The van der Waals surface area contributed by atoms with Crippen molar-refractivity contribution in [3.63, 3.8) is 0 Å². The second-order valence-electron chi connectivity index (χ2n) is 7.38. The number of sulfonamides is 1. The number of rotatable bonds is 3. The smallest absolute Gasteiger partial charge is 0.248 e. The highest BCUT2D eigenvalue weighted by molar-refractivity contribution is 9.10. The van der Waals surface area contributed by atoms with E-state index >= 15 is 0 Å². The molecule has 4 aromatic rings. The Bertz CT molecular complexity index is 1350. The summed E-state index contributed by atoms with van der Waals surface area (Å²) in [6, 6.07) is 10.1. The Balaban J connectivity index is 1.47. The minimum absolute atomic E-state index is 0.179. The van der Waals surface area contributed by atoms with Gasteiger partial charge in [-0.05, 0) is 44.2 Å². The van der Waals surface area contributed by atoms with Crippen LogP contribution in [0.4, 0.5) is 5.82 Å². The molecule has 1 aromatic carbocycles. The van der Waals surface area contributed by atoms with Gasteiger partial charge in [0.15, 0.2) is 11.6 Å². The predicted molar refractivity (Wildman–Crippen MR) is 117 cm³/mol. The first-order valence-electron chi connectivity index (χ1n) is 9.60. The Labute approximate surface area is 182 Å². The molecule has 156 valence electrons. The zero-order valence-corrected chi connectivity index (χ0v) is 18.9. The highest BCUT2D eigenvalue weighted by atomic mass is 79.9. The molecule has 0 saturated carbocycles. The highest BCUT2D eigenvalue weighted by Gasteiger charge is 2.34. The standard InChI is InChI=1S/C20H20BrN5O3S/c1-13-19(14(2)29-23-13)30(27,28)25-10-8-24(9-11-25)20-18-4-3-7-26(18)17-6-5-15(21)12-16(17)22-20/h3-7,12H,8-11H2,1-2H3. The molecule has 1 aliphatic heterocycles. The van der Waals surface area contributed by atoms with E-state index in [0.29, 0.717) is 37.6 Å². The molecular formula is C20H20BrN5O3S. The van der Waals surface area contributed by atoms with Gasteiger partial charge in [-0.3, -0.25) is 0 Å². The lowest BCUT2D eigenvalue weighted by Gasteiger charge is -2.35. The molecule has 0 atom stereocenters. The second kappa shape index (κ2) is 7.07. The second-order valence-corrected chi connectivity index (χ2v) is 10.2.